The molecule has 0 aliphatic carbocycles. The van der Waals surface area contributed by atoms with Crippen molar-refractivity contribution in [3.8, 4) is 0 Å². The van der Waals surface area contributed by atoms with E-state index >= 15 is 0 Å². The first-order valence-corrected chi connectivity index (χ1v) is 7.55. The predicted octanol–water partition coefficient (Wildman–Crippen LogP) is 3.44. The van der Waals surface area contributed by atoms with Gasteiger partial charge >= 0.3 is 0 Å². The van der Waals surface area contributed by atoms with Gasteiger partial charge in [-0.15, -0.1) is 0 Å². The Kier molecular flexibility index (Phi) is 3.88. The molecule has 0 unspecified atom stereocenters. The molecule has 0 saturated carbocycles. The fraction of sp³-hybridized carbons (Fsp3) is 0.471. The molecule has 1 aromatic carbocycles. The normalized spacial score (nSPS) is 16.6. The van der Waals surface area contributed by atoms with Gasteiger partial charge in [-0.2, -0.15) is 0 Å². The number of H-pyrrole nitrogens is 1. The van der Waals surface area contributed by atoms with Crippen LogP contribution in [0.3, 0.4) is 0 Å². The molecular weight excluding hydrogens is 248 g/mol. The minimum atomic E-state index is 0.278. The van der Waals surface area contributed by atoms with Gasteiger partial charge in [0.25, 0.3) is 0 Å². The van der Waals surface area contributed by atoms with E-state index in [1.807, 2.05) is 12.3 Å². The highest BCUT2D eigenvalue weighted by atomic mass is 16.1. The zero-order valence-electron chi connectivity index (χ0n) is 12.0. The molecule has 1 fully saturated rings. The molecule has 3 rings (SSSR count). The molecule has 0 radical (unpaired) electrons. The summed E-state index contributed by atoms with van der Waals surface area (Å²) in [4.78, 5) is 15.6. The van der Waals surface area contributed by atoms with Crippen LogP contribution in [0, 0.1) is 12.8 Å². The van der Waals surface area contributed by atoms with Crippen molar-refractivity contribution in [2.45, 2.75) is 32.6 Å². The van der Waals surface area contributed by atoms with E-state index in [9.17, 15) is 4.79 Å². The fourth-order valence-electron chi connectivity index (χ4n) is 3.11. The molecule has 2 heterocycles. The lowest BCUT2D eigenvalue weighted by molar-refractivity contribution is 0.0972. The van der Waals surface area contributed by atoms with Crippen LogP contribution < -0.4 is 5.32 Å². The largest absolute Gasteiger partial charge is 0.360 e. The van der Waals surface area contributed by atoms with Crippen molar-refractivity contribution < 1.29 is 4.79 Å². The molecule has 0 bridgehead atoms. The number of carbonyl (C=O) groups is 1. The minimum absolute atomic E-state index is 0.278. The van der Waals surface area contributed by atoms with E-state index in [0.717, 1.165) is 36.0 Å². The molecule has 0 atom stereocenters. The molecule has 20 heavy (non-hydrogen) atoms. The van der Waals surface area contributed by atoms with Gasteiger partial charge in [0.15, 0.2) is 5.78 Å². The summed E-state index contributed by atoms with van der Waals surface area (Å²) in [7, 11) is 0. The predicted molar refractivity (Wildman–Crippen MR) is 82.2 cm³/mol. The number of Topliss-reactive ketones (excluding diaryl/α,β-unsaturated/α-hetero) is 1. The number of nitrogens with one attached hydrogen (secondary N) is 2. The summed E-state index contributed by atoms with van der Waals surface area (Å²) in [6, 6.07) is 6.22. The maximum absolute atomic E-state index is 12.4. The summed E-state index contributed by atoms with van der Waals surface area (Å²) in [6.45, 7) is 4.27. The third-order valence-corrected chi connectivity index (χ3v) is 4.38. The molecule has 1 aliphatic heterocycles. The van der Waals surface area contributed by atoms with E-state index < -0.39 is 0 Å². The lowest BCUT2D eigenvalue weighted by Crippen LogP contribution is -2.27. The number of aromatic amines is 1. The molecule has 2 aromatic rings. The SMILES string of the molecule is Cc1ccc2[nH]cc(C(=O)CCC3CCNCC3)c2c1. The van der Waals surface area contributed by atoms with E-state index in [-0.39, 0.29) is 5.78 Å². The van der Waals surface area contributed by atoms with Gasteiger partial charge in [-0.05, 0) is 57.3 Å². The van der Waals surface area contributed by atoms with Crippen LogP contribution in [-0.4, -0.2) is 23.9 Å². The maximum atomic E-state index is 12.4. The number of aryl methyl sites for hydroxylation is 1. The molecule has 1 aliphatic rings. The van der Waals surface area contributed by atoms with Crippen LogP contribution in [0.5, 0.6) is 0 Å². The van der Waals surface area contributed by atoms with Crippen molar-refractivity contribution in [1.82, 2.24) is 10.3 Å². The van der Waals surface area contributed by atoms with Crippen LogP contribution in [0.4, 0.5) is 0 Å². The van der Waals surface area contributed by atoms with Crippen molar-refractivity contribution in [3.05, 3.63) is 35.5 Å². The molecule has 106 valence electrons. The van der Waals surface area contributed by atoms with Gasteiger partial charge in [-0.25, -0.2) is 0 Å². The summed E-state index contributed by atoms with van der Waals surface area (Å²) in [5, 5.41) is 4.44. The quantitative estimate of drug-likeness (QED) is 0.836. The van der Waals surface area contributed by atoms with Crippen molar-refractivity contribution in [2.24, 2.45) is 5.92 Å². The Balaban J connectivity index is 1.70. The highest BCUT2D eigenvalue weighted by molar-refractivity contribution is 6.07. The van der Waals surface area contributed by atoms with E-state index in [1.54, 1.807) is 0 Å². The summed E-state index contributed by atoms with van der Waals surface area (Å²) < 4.78 is 0. The summed E-state index contributed by atoms with van der Waals surface area (Å²) in [6.07, 6.45) is 5.99. The number of benzene rings is 1. The molecule has 1 aromatic heterocycles. The first-order valence-electron chi connectivity index (χ1n) is 7.55. The van der Waals surface area contributed by atoms with Gasteiger partial charge in [-0.3, -0.25) is 4.79 Å². The molecule has 1 saturated heterocycles. The van der Waals surface area contributed by atoms with Crippen LogP contribution in [-0.2, 0) is 0 Å². The minimum Gasteiger partial charge on any atom is -0.360 e. The van der Waals surface area contributed by atoms with Gasteiger partial charge < -0.3 is 10.3 Å². The zero-order chi connectivity index (χ0) is 13.9. The first-order chi connectivity index (χ1) is 9.74. The molecule has 3 nitrogen and oxygen atoms in total. The number of ketones is 1. The molecule has 2 N–H and O–H groups in total. The maximum Gasteiger partial charge on any atom is 0.165 e. The third-order valence-electron chi connectivity index (χ3n) is 4.38. The highest BCUT2D eigenvalue weighted by Crippen LogP contribution is 2.24. The molecule has 0 amide bonds. The Hall–Kier alpha value is -1.61. The average Bonchev–Trinajstić information content (AvgIpc) is 2.89. The molecule has 3 heteroatoms. The van der Waals surface area contributed by atoms with Gasteiger partial charge in [0.05, 0.1) is 0 Å². The number of aromatic nitrogens is 1. The Morgan fingerprint density at radius 1 is 1.30 bits per heavy atom. The third kappa shape index (κ3) is 2.78. The Labute approximate surface area is 119 Å². The standard InChI is InChI=1S/C17H22N2O/c1-12-2-4-16-14(10-12)15(11-19-16)17(20)5-3-13-6-8-18-9-7-13/h2,4,10-11,13,18-19H,3,5-9H2,1H3. The number of carbonyl (C=O) groups excluding carboxylic acids is 1. The second-order valence-electron chi connectivity index (χ2n) is 5.91. The zero-order valence-corrected chi connectivity index (χ0v) is 12.0. The lowest BCUT2D eigenvalue weighted by Gasteiger charge is -2.21. The van der Waals surface area contributed by atoms with Crippen LogP contribution in [0.1, 0.15) is 41.6 Å². The average molecular weight is 270 g/mol. The van der Waals surface area contributed by atoms with E-state index in [4.69, 9.17) is 0 Å². The van der Waals surface area contributed by atoms with Gasteiger partial charge in [0.1, 0.15) is 0 Å². The smallest absolute Gasteiger partial charge is 0.165 e. The summed E-state index contributed by atoms with van der Waals surface area (Å²) in [5.41, 5.74) is 3.11. The van der Waals surface area contributed by atoms with Gasteiger partial charge in [0.2, 0.25) is 0 Å². The summed E-state index contributed by atoms with van der Waals surface area (Å²) >= 11 is 0. The first kappa shape index (κ1) is 13.4. The summed E-state index contributed by atoms with van der Waals surface area (Å²) in [5.74, 6) is 0.993. The number of hydrogen-bond donors (Lipinski definition) is 2. The van der Waals surface area contributed by atoms with Crippen LogP contribution in [0.2, 0.25) is 0 Å². The number of rotatable bonds is 4. The van der Waals surface area contributed by atoms with Crippen molar-refractivity contribution >= 4 is 16.7 Å². The monoisotopic (exact) mass is 270 g/mol. The lowest BCUT2D eigenvalue weighted by atomic mass is 9.91. The second-order valence-corrected chi connectivity index (χ2v) is 5.91. The molecular formula is C17H22N2O. The Morgan fingerprint density at radius 3 is 2.90 bits per heavy atom. The van der Waals surface area contributed by atoms with Crippen molar-refractivity contribution in [1.29, 1.82) is 0 Å². The van der Waals surface area contributed by atoms with Crippen LogP contribution >= 0.6 is 0 Å². The van der Waals surface area contributed by atoms with E-state index in [1.165, 1.54) is 18.4 Å². The van der Waals surface area contributed by atoms with E-state index in [0.29, 0.717) is 12.3 Å². The van der Waals surface area contributed by atoms with Gasteiger partial charge in [-0.1, -0.05) is 11.6 Å². The van der Waals surface area contributed by atoms with E-state index in [2.05, 4.69) is 29.4 Å². The second kappa shape index (κ2) is 5.80. The number of hydrogen-bond acceptors (Lipinski definition) is 2. The Bertz CT molecular complexity index is 608. The molecule has 0 spiro atoms. The highest BCUT2D eigenvalue weighted by Gasteiger charge is 2.17. The van der Waals surface area contributed by atoms with Crippen LogP contribution in [0.25, 0.3) is 10.9 Å². The van der Waals surface area contributed by atoms with Gasteiger partial charge in [0, 0.05) is 29.1 Å². The number of fused-ring (bicyclic) bond motifs is 1. The fourth-order valence-corrected chi connectivity index (χ4v) is 3.11. The van der Waals surface area contributed by atoms with Crippen molar-refractivity contribution in [2.75, 3.05) is 13.1 Å². The topological polar surface area (TPSA) is 44.9 Å². The number of piperidine rings is 1. The Morgan fingerprint density at radius 2 is 2.10 bits per heavy atom. The van der Waals surface area contributed by atoms with Crippen LogP contribution in [0.15, 0.2) is 24.4 Å². The van der Waals surface area contributed by atoms with Crippen molar-refractivity contribution in [3.63, 3.8) is 0 Å².